The van der Waals surface area contributed by atoms with Gasteiger partial charge < -0.3 is 14.8 Å². The van der Waals surface area contributed by atoms with Gasteiger partial charge in [-0.15, -0.1) is 0 Å². The van der Waals surface area contributed by atoms with E-state index in [-0.39, 0.29) is 0 Å². The van der Waals surface area contributed by atoms with E-state index in [0.29, 0.717) is 6.04 Å². The third kappa shape index (κ3) is 5.21. The van der Waals surface area contributed by atoms with E-state index in [0.717, 1.165) is 57.0 Å². The zero-order chi connectivity index (χ0) is 23.4. The number of fused-ring (bicyclic) bond motifs is 1. The summed E-state index contributed by atoms with van der Waals surface area (Å²) in [6, 6.07) is 12.5. The molecule has 1 N–H and O–H groups in total. The largest absolute Gasteiger partial charge is 0.497 e. The van der Waals surface area contributed by atoms with E-state index >= 15 is 0 Å². The number of aryl methyl sites for hydroxylation is 1. The van der Waals surface area contributed by atoms with Gasteiger partial charge in [-0.1, -0.05) is 26.0 Å². The van der Waals surface area contributed by atoms with Gasteiger partial charge in [0, 0.05) is 37.5 Å². The van der Waals surface area contributed by atoms with Crippen molar-refractivity contribution in [3.63, 3.8) is 0 Å². The first kappa shape index (κ1) is 22.5. The lowest BCUT2D eigenvalue weighted by Gasteiger charge is -2.14. The molecule has 0 amide bonds. The first-order chi connectivity index (χ1) is 16.0. The summed E-state index contributed by atoms with van der Waals surface area (Å²) in [5.41, 5.74) is 6.51. The number of methoxy groups -OCH3 is 2. The Morgan fingerprint density at radius 1 is 1.00 bits per heavy atom. The summed E-state index contributed by atoms with van der Waals surface area (Å²) in [5, 5.41) is 7.71. The fourth-order valence-corrected chi connectivity index (χ4v) is 3.63. The molecule has 0 saturated carbocycles. The van der Waals surface area contributed by atoms with E-state index in [9.17, 15) is 0 Å². The van der Waals surface area contributed by atoms with Crippen LogP contribution in [0, 0.1) is 0 Å². The molecule has 7 nitrogen and oxygen atoms in total. The Balaban J connectivity index is 1.81. The van der Waals surface area contributed by atoms with Gasteiger partial charge >= 0.3 is 0 Å². The fraction of sp³-hybridized carbons (Fsp3) is 0.269. The fourth-order valence-electron chi connectivity index (χ4n) is 3.63. The highest BCUT2D eigenvalue weighted by Crippen LogP contribution is 2.32. The summed E-state index contributed by atoms with van der Waals surface area (Å²) in [6.07, 6.45) is 7.71. The average molecular weight is 444 g/mol. The molecule has 0 aliphatic carbocycles. The smallest absolute Gasteiger partial charge is 0.123 e. The molecule has 2 aromatic heterocycles. The molecule has 2 aromatic carbocycles. The molecule has 0 aliphatic rings. The molecule has 0 spiro atoms. The highest BCUT2D eigenvalue weighted by molar-refractivity contribution is 5.87. The van der Waals surface area contributed by atoms with Crippen LogP contribution in [0.1, 0.15) is 25.0 Å². The molecule has 0 saturated heterocycles. The monoisotopic (exact) mass is 443 g/mol. The van der Waals surface area contributed by atoms with Crippen molar-refractivity contribution in [1.82, 2.24) is 25.1 Å². The summed E-state index contributed by atoms with van der Waals surface area (Å²) in [7, 11) is 5.21. The molecule has 0 unspecified atom stereocenters. The highest BCUT2D eigenvalue weighted by Gasteiger charge is 2.12. The Morgan fingerprint density at radius 3 is 2.39 bits per heavy atom. The molecule has 4 aromatic rings. The van der Waals surface area contributed by atoms with Gasteiger partial charge in [0.05, 0.1) is 43.3 Å². The summed E-state index contributed by atoms with van der Waals surface area (Å²) < 4.78 is 12.8. The van der Waals surface area contributed by atoms with E-state index in [1.165, 1.54) is 0 Å². The minimum Gasteiger partial charge on any atom is -0.497 e. The van der Waals surface area contributed by atoms with Crippen LogP contribution in [0.15, 0.2) is 61.1 Å². The molecule has 0 aliphatic heterocycles. The van der Waals surface area contributed by atoms with E-state index in [2.05, 4.69) is 47.5 Å². The van der Waals surface area contributed by atoms with Crippen molar-refractivity contribution in [2.75, 3.05) is 20.8 Å². The molecule has 170 valence electrons. The normalized spacial score (nSPS) is 11.9. The van der Waals surface area contributed by atoms with Crippen molar-refractivity contribution in [3.05, 3.63) is 72.2 Å². The van der Waals surface area contributed by atoms with Crippen LogP contribution < -0.4 is 14.8 Å². The minimum absolute atomic E-state index is 0.381. The zero-order valence-electron chi connectivity index (χ0n) is 19.7. The van der Waals surface area contributed by atoms with E-state index in [1.807, 2.05) is 37.5 Å². The second-order valence-electron chi connectivity index (χ2n) is 8.14. The molecule has 0 bridgehead atoms. The maximum atomic E-state index is 5.51. The maximum absolute atomic E-state index is 5.51. The van der Waals surface area contributed by atoms with Crippen LogP contribution in [0.3, 0.4) is 0 Å². The number of hydrogen-bond acceptors (Lipinski definition) is 6. The number of rotatable bonds is 8. The van der Waals surface area contributed by atoms with E-state index in [1.54, 1.807) is 31.3 Å². The lowest BCUT2D eigenvalue weighted by molar-refractivity contribution is 0.394. The van der Waals surface area contributed by atoms with Crippen LogP contribution >= 0.6 is 0 Å². The second-order valence-corrected chi connectivity index (χ2v) is 8.14. The highest BCUT2D eigenvalue weighted by atomic mass is 16.5. The number of nitrogens with one attached hydrogen (secondary N) is 1. The summed E-state index contributed by atoms with van der Waals surface area (Å²) in [6.45, 7) is 4.99. The van der Waals surface area contributed by atoms with Crippen LogP contribution in [0.25, 0.3) is 27.9 Å². The van der Waals surface area contributed by atoms with Crippen LogP contribution in [-0.4, -0.2) is 46.6 Å². The standard InChI is InChI=1S/C26H29N5O2/c1-17(2)27-9-8-23(19-10-21(32-4)13-22(11-19)33-5)18-6-7-24-25(12-18)30-26(15-28-24)20-14-29-31(3)16-20/h6-8,10-17,27H,9H2,1-5H3/b23-8-. The zero-order valence-corrected chi connectivity index (χ0v) is 19.7. The summed E-state index contributed by atoms with van der Waals surface area (Å²) >= 11 is 0. The first-order valence-corrected chi connectivity index (χ1v) is 10.9. The topological polar surface area (TPSA) is 74.1 Å². The van der Waals surface area contributed by atoms with E-state index in [4.69, 9.17) is 14.5 Å². The van der Waals surface area contributed by atoms with Gasteiger partial charge in [0.2, 0.25) is 0 Å². The average Bonchev–Trinajstić information content (AvgIpc) is 3.26. The maximum Gasteiger partial charge on any atom is 0.123 e. The van der Waals surface area contributed by atoms with Crippen molar-refractivity contribution in [3.8, 4) is 22.8 Å². The predicted molar refractivity (Wildman–Crippen MR) is 132 cm³/mol. The van der Waals surface area contributed by atoms with Crippen molar-refractivity contribution in [2.24, 2.45) is 7.05 Å². The van der Waals surface area contributed by atoms with Crippen LogP contribution in [0.2, 0.25) is 0 Å². The molecule has 7 heteroatoms. The number of nitrogens with zero attached hydrogens (tertiary/aromatic N) is 4. The Morgan fingerprint density at radius 2 is 1.76 bits per heavy atom. The number of ether oxygens (including phenoxy) is 2. The van der Waals surface area contributed by atoms with Gasteiger partial charge in [-0.05, 0) is 41.0 Å². The molecular formula is C26H29N5O2. The van der Waals surface area contributed by atoms with Gasteiger partial charge in [0.15, 0.2) is 0 Å². The molecule has 4 rings (SSSR count). The van der Waals surface area contributed by atoms with Crippen molar-refractivity contribution >= 4 is 16.6 Å². The number of aromatic nitrogens is 4. The van der Waals surface area contributed by atoms with Crippen LogP contribution in [-0.2, 0) is 7.05 Å². The Bertz CT molecular complexity index is 1270. The van der Waals surface area contributed by atoms with Gasteiger partial charge in [-0.2, -0.15) is 5.10 Å². The number of benzene rings is 2. The SMILES string of the molecule is COc1cc(OC)cc(/C(=C\CNC(C)C)c2ccc3ncc(-c4cnn(C)c4)nc3c2)c1. The summed E-state index contributed by atoms with van der Waals surface area (Å²) in [5.74, 6) is 1.48. The molecule has 2 heterocycles. The third-order valence-corrected chi connectivity index (χ3v) is 5.35. The second kappa shape index (κ2) is 9.83. The van der Waals surface area contributed by atoms with Crippen molar-refractivity contribution < 1.29 is 9.47 Å². The molecule has 0 radical (unpaired) electrons. The number of hydrogen-bond donors (Lipinski definition) is 1. The van der Waals surface area contributed by atoms with Gasteiger partial charge in [-0.25, -0.2) is 4.98 Å². The lowest BCUT2D eigenvalue weighted by atomic mass is 9.96. The summed E-state index contributed by atoms with van der Waals surface area (Å²) in [4.78, 5) is 9.47. The van der Waals surface area contributed by atoms with Crippen molar-refractivity contribution in [1.29, 1.82) is 0 Å². The molecule has 33 heavy (non-hydrogen) atoms. The predicted octanol–water partition coefficient (Wildman–Crippen LogP) is 4.48. The Labute approximate surface area is 194 Å². The van der Waals surface area contributed by atoms with E-state index < -0.39 is 0 Å². The lowest BCUT2D eigenvalue weighted by Crippen LogP contribution is -2.22. The quantitative estimate of drug-likeness (QED) is 0.433. The third-order valence-electron chi connectivity index (χ3n) is 5.35. The van der Waals surface area contributed by atoms with Gasteiger partial charge in [-0.3, -0.25) is 9.67 Å². The minimum atomic E-state index is 0.381. The Kier molecular flexibility index (Phi) is 6.70. The molecular weight excluding hydrogens is 414 g/mol. The first-order valence-electron chi connectivity index (χ1n) is 10.9. The molecule has 0 atom stereocenters. The van der Waals surface area contributed by atoms with Crippen LogP contribution in [0.5, 0.6) is 11.5 Å². The van der Waals surface area contributed by atoms with Crippen LogP contribution in [0.4, 0.5) is 0 Å². The Hall–Kier alpha value is -3.71. The van der Waals surface area contributed by atoms with Crippen molar-refractivity contribution in [2.45, 2.75) is 19.9 Å². The van der Waals surface area contributed by atoms with Gasteiger partial charge in [0.1, 0.15) is 11.5 Å². The molecule has 0 fully saturated rings. The van der Waals surface area contributed by atoms with Gasteiger partial charge in [0.25, 0.3) is 0 Å².